The van der Waals surface area contributed by atoms with Crippen LogP contribution in [0.15, 0.2) is 72.8 Å². The highest BCUT2D eigenvalue weighted by Crippen LogP contribution is 2.41. The summed E-state index contributed by atoms with van der Waals surface area (Å²) in [5.74, 6) is -0.275. The normalized spacial score (nSPS) is 16.1. The molecule has 1 heterocycles. The zero-order valence-corrected chi connectivity index (χ0v) is 16.3. The van der Waals surface area contributed by atoms with E-state index in [0.29, 0.717) is 16.6 Å². The molecule has 0 aliphatic carbocycles. The van der Waals surface area contributed by atoms with Gasteiger partial charge in [0.2, 0.25) is 0 Å². The van der Waals surface area contributed by atoms with Crippen LogP contribution in [0.3, 0.4) is 0 Å². The van der Waals surface area contributed by atoms with Gasteiger partial charge in [-0.25, -0.2) is 10.0 Å². The zero-order valence-electron chi connectivity index (χ0n) is 14.8. The SMILES string of the molecule is CN(Cc1cc(Cl)ccc1Cl)N1C(=O)C(c2ccccc2)c2ccccc21. The third-order valence-corrected chi connectivity index (χ3v) is 5.42. The van der Waals surface area contributed by atoms with E-state index in [0.717, 1.165) is 22.4 Å². The standard InChI is InChI=1S/C22H18Cl2N2O/c1-25(14-16-13-17(23)11-12-19(16)24)26-20-10-6-5-9-18(20)21(22(26)27)15-7-3-2-4-8-15/h2-13,21H,14H2,1H3. The molecule has 0 saturated carbocycles. The van der Waals surface area contributed by atoms with E-state index in [-0.39, 0.29) is 11.8 Å². The van der Waals surface area contributed by atoms with Crippen LogP contribution in [-0.4, -0.2) is 18.0 Å². The Labute approximate surface area is 168 Å². The maximum absolute atomic E-state index is 13.4. The summed E-state index contributed by atoms with van der Waals surface area (Å²) in [7, 11) is 1.89. The van der Waals surface area contributed by atoms with Gasteiger partial charge in [0.1, 0.15) is 0 Å². The van der Waals surface area contributed by atoms with Crippen molar-refractivity contribution in [2.75, 3.05) is 12.1 Å². The number of fused-ring (bicyclic) bond motifs is 1. The Morgan fingerprint density at radius 2 is 1.67 bits per heavy atom. The summed E-state index contributed by atoms with van der Waals surface area (Å²) in [5, 5.41) is 4.88. The number of amides is 1. The number of anilines is 1. The first-order valence-electron chi connectivity index (χ1n) is 8.69. The summed E-state index contributed by atoms with van der Waals surface area (Å²) in [4.78, 5) is 13.4. The Morgan fingerprint density at radius 3 is 2.44 bits per heavy atom. The van der Waals surface area contributed by atoms with Crippen molar-refractivity contribution >= 4 is 34.8 Å². The van der Waals surface area contributed by atoms with Crippen molar-refractivity contribution in [3.63, 3.8) is 0 Å². The van der Waals surface area contributed by atoms with Gasteiger partial charge < -0.3 is 0 Å². The minimum atomic E-state index is -0.306. The van der Waals surface area contributed by atoms with Gasteiger partial charge in [-0.3, -0.25) is 4.79 Å². The fraction of sp³-hybridized carbons (Fsp3) is 0.136. The summed E-state index contributed by atoms with van der Waals surface area (Å²) in [6, 6.07) is 23.2. The molecule has 1 atom stereocenters. The van der Waals surface area contributed by atoms with E-state index >= 15 is 0 Å². The van der Waals surface area contributed by atoms with Crippen molar-refractivity contribution in [3.05, 3.63) is 99.5 Å². The molecule has 0 N–H and O–H groups in total. The first-order valence-corrected chi connectivity index (χ1v) is 9.44. The second-order valence-electron chi connectivity index (χ2n) is 6.60. The lowest BCUT2D eigenvalue weighted by molar-refractivity contribution is -0.121. The molecule has 0 bridgehead atoms. The Bertz CT molecular complexity index is 991. The lowest BCUT2D eigenvalue weighted by atomic mass is 9.93. The Morgan fingerprint density at radius 1 is 0.963 bits per heavy atom. The van der Waals surface area contributed by atoms with Gasteiger partial charge in [0.25, 0.3) is 5.91 Å². The molecule has 136 valence electrons. The number of carbonyl (C=O) groups excluding carboxylic acids is 1. The molecule has 1 amide bonds. The average molecular weight is 397 g/mol. The van der Waals surface area contributed by atoms with Crippen LogP contribution in [0.4, 0.5) is 5.69 Å². The molecular formula is C22H18Cl2N2O. The molecule has 3 aromatic carbocycles. The largest absolute Gasteiger partial charge is 0.272 e. The number of para-hydroxylation sites is 1. The van der Waals surface area contributed by atoms with Crippen LogP contribution in [0.25, 0.3) is 0 Å². The van der Waals surface area contributed by atoms with Crippen molar-refractivity contribution in [1.82, 2.24) is 5.01 Å². The van der Waals surface area contributed by atoms with Gasteiger partial charge in [-0.2, -0.15) is 0 Å². The van der Waals surface area contributed by atoms with E-state index in [9.17, 15) is 4.79 Å². The van der Waals surface area contributed by atoms with Crippen molar-refractivity contribution in [2.45, 2.75) is 12.5 Å². The number of hydrogen-bond acceptors (Lipinski definition) is 2. The fourth-order valence-corrected chi connectivity index (χ4v) is 3.97. The van der Waals surface area contributed by atoms with Gasteiger partial charge in [0.15, 0.2) is 0 Å². The molecule has 1 aliphatic heterocycles. The van der Waals surface area contributed by atoms with Crippen molar-refractivity contribution in [1.29, 1.82) is 0 Å². The van der Waals surface area contributed by atoms with Crippen LogP contribution in [0, 0.1) is 0 Å². The molecule has 3 aromatic rings. The maximum atomic E-state index is 13.4. The highest BCUT2D eigenvalue weighted by Gasteiger charge is 2.40. The Balaban J connectivity index is 1.71. The lowest BCUT2D eigenvalue weighted by Gasteiger charge is -2.29. The first kappa shape index (κ1) is 18.1. The van der Waals surface area contributed by atoms with Gasteiger partial charge in [0, 0.05) is 23.6 Å². The Kier molecular flexibility index (Phi) is 4.92. The monoisotopic (exact) mass is 396 g/mol. The predicted octanol–water partition coefficient (Wildman–Crippen LogP) is 5.52. The van der Waals surface area contributed by atoms with Crippen LogP contribution in [0.5, 0.6) is 0 Å². The molecule has 0 radical (unpaired) electrons. The van der Waals surface area contributed by atoms with Crippen molar-refractivity contribution in [2.24, 2.45) is 0 Å². The molecule has 27 heavy (non-hydrogen) atoms. The summed E-state index contributed by atoms with van der Waals surface area (Å²) in [6.45, 7) is 0.473. The number of halogens is 2. The van der Waals surface area contributed by atoms with Gasteiger partial charge in [-0.1, -0.05) is 71.7 Å². The number of benzene rings is 3. The molecule has 0 aromatic heterocycles. The molecule has 5 heteroatoms. The van der Waals surface area contributed by atoms with Gasteiger partial charge in [-0.05, 0) is 41.0 Å². The number of hydrazine groups is 1. The molecule has 0 saturated heterocycles. The zero-order chi connectivity index (χ0) is 19.0. The topological polar surface area (TPSA) is 23.6 Å². The molecular weight excluding hydrogens is 379 g/mol. The highest BCUT2D eigenvalue weighted by atomic mass is 35.5. The lowest BCUT2D eigenvalue weighted by Crippen LogP contribution is -2.42. The quantitative estimate of drug-likeness (QED) is 0.579. The second-order valence-corrected chi connectivity index (χ2v) is 7.45. The molecule has 1 aliphatic rings. The van der Waals surface area contributed by atoms with Crippen LogP contribution >= 0.6 is 23.2 Å². The van der Waals surface area contributed by atoms with E-state index in [1.54, 1.807) is 17.1 Å². The van der Waals surface area contributed by atoms with E-state index in [4.69, 9.17) is 23.2 Å². The number of carbonyl (C=O) groups is 1. The minimum absolute atomic E-state index is 0.0306. The first-order chi connectivity index (χ1) is 13.1. The van der Waals surface area contributed by atoms with Gasteiger partial charge >= 0.3 is 0 Å². The Hall–Kier alpha value is -2.33. The van der Waals surface area contributed by atoms with Gasteiger partial charge in [-0.15, -0.1) is 0 Å². The highest BCUT2D eigenvalue weighted by molar-refractivity contribution is 6.33. The van der Waals surface area contributed by atoms with Crippen molar-refractivity contribution in [3.8, 4) is 0 Å². The van der Waals surface area contributed by atoms with E-state index in [1.165, 1.54) is 0 Å². The fourth-order valence-electron chi connectivity index (χ4n) is 3.60. The third-order valence-electron chi connectivity index (χ3n) is 4.81. The van der Waals surface area contributed by atoms with Crippen LogP contribution < -0.4 is 5.01 Å². The molecule has 1 unspecified atom stereocenters. The van der Waals surface area contributed by atoms with Gasteiger partial charge in [0.05, 0.1) is 11.6 Å². The molecule has 0 spiro atoms. The van der Waals surface area contributed by atoms with E-state index in [2.05, 4.69) is 0 Å². The number of rotatable bonds is 4. The van der Waals surface area contributed by atoms with Crippen molar-refractivity contribution < 1.29 is 4.79 Å². The average Bonchev–Trinajstić information content (AvgIpc) is 2.97. The summed E-state index contributed by atoms with van der Waals surface area (Å²) in [5.41, 5.74) is 3.78. The maximum Gasteiger partial charge on any atom is 0.253 e. The van der Waals surface area contributed by atoms with Crippen LogP contribution in [-0.2, 0) is 11.3 Å². The number of nitrogens with zero attached hydrogens (tertiary/aromatic N) is 2. The summed E-state index contributed by atoms with van der Waals surface area (Å²) in [6.07, 6.45) is 0. The second kappa shape index (κ2) is 7.35. The summed E-state index contributed by atoms with van der Waals surface area (Å²) < 4.78 is 0. The molecule has 4 rings (SSSR count). The molecule has 3 nitrogen and oxygen atoms in total. The summed E-state index contributed by atoms with van der Waals surface area (Å²) >= 11 is 12.4. The van der Waals surface area contributed by atoms with E-state index < -0.39 is 0 Å². The van der Waals surface area contributed by atoms with Crippen LogP contribution in [0.2, 0.25) is 10.0 Å². The predicted molar refractivity (Wildman–Crippen MR) is 110 cm³/mol. The molecule has 0 fully saturated rings. The number of hydrogen-bond donors (Lipinski definition) is 0. The third kappa shape index (κ3) is 3.34. The van der Waals surface area contributed by atoms with Crippen LogP contribution in [0.1, 0.15) is 22.6 Å². The minimum Gasteiger partial charge on any atom is -0.272 e. The smallest absolute Gasteiger partial charge is 0.253 e. The van der Waals surface area contributed by atoms with E-state index in [1.807, 2.05) is 72.7 Å².